The molecule has 5 rings (SSSR count). The number of pyridine rings is 1. The lowest BCUT2D eigenvalue weighted by Gasteiger charge is -2.09. The summed E-state index contributed by atoms with van der Waals surface area (Å²) in [6.07, 6.45) is 1.87. The van der Waals surface area contributed by atoms with E-state index in [2.05, 4.69) is 37.8 Å². The Morgan fingerprint density at radius 2 is 1.79 bits per heavy atom. The van der Waals surface area contributed by atoms with Crippen LogP contribution in [0.5, 0.6) is 0 Å². The van der Waals surface area contributed by atoms with Gasteiger partial charge in [-0.15, -0.1) is 0 Å². The zero-order valence-electron chi connectivity index (χ0n) is 19.7. The SMILES string of the molecule is Cc1nn(C)cc1-c1cc(C(=O)Nc2c(C)nn(Cc3ccccc3)c2C)c2c(C)noc2n1. The number of amides is 1. The maximum atomic E-state index is 13.6. The second kappa shape index (κ2) is 8.26. The Balaban J connectivity index is 1.53. The molecule has 1 N–H and O–H groups in total. The number of fused-ring (bicyclic) bond motifs is 1. The molecule has 172 valence electrons. The van der Waals surface area contributed by atoms with Gasteiger partial charge in [0.25, 0.3) is 11.6 Å². The number of hydrogen-bond donors (Lipinski definition) is 1. The number of hydrogen-bond acceptors (Lipinski definition) is 6. The first-order valence-electron chi connectivity index (χ1n) is 11.0. The van der Waals surface area contributed by atoms with Gasteiger partial charge in [-0.2, -0.15) is 10.2 Å². The van der Waals surface area contributed by atoms with Crippen LogP contribution in [0, 0.1) is 27.7 Å². The van der Waals surface area contributed by atoms with Crippen molar-refractivity contribution in [2.75, 3.05) is 5.32 Å². The molecule has 0 bridgehead atoms. The number of aromatic nitrogens is 6. The number of nitrogens with one attached hydrogen (secondary N) is 1. The molecule has 5 aromatic rings. The van der Waals surface area contributed by atoms with Crippen LogP contribution >= 0.6 is 0 Å². The Bertz CT molecular complexity index is 1530. The van der Waals surface area contributed by atoms with Crippen molar-refractivity contribution in [1.82, 2.24) is 29.7 Å². The number of rotatable bonds is 5. The van der Waals surface area contributed by atoms with Crippen LogP contribution in [0.4, 0.5) is 5.69 Å². The Labute approximate surface area is 196 Å². The van der Waals surface area contributed by atoms with E-state index in [-0.39, 0.29) is 5.91 Å². The van der Waals surface area contributed by atoms with Gasteiger partial charge < -0.3 is 9.84 Å². The fourth-order valence-electron chi connectivity index (χ4n) is 4.23. The highest BCUT2D eigenvalue weighted by Gasteiger charge is 2.23. The van der Waals surface area contributed by atoms with Crippen LogP contribution in [0.2, 0.25) is 0 Å². The molecule has 9 nitrogen and oxygen atoms in total. The normalized spacial score (nSPS) is 11.3. The van der Waals surface area contributed by atoms with E-state index in [0.717, 1.165) is 28.2 Å². The van der Waals surface area contributed by atoms with Crippen molar-refractivity contribution < 1.29 is 9.32 Å². The van der Waals surface area contributed by atoms with E-state index in [1.165, 1.54) is 0 Å². The number of carbonyl (C=O) groups is 1. The maximum Gasteiger partial charge on any atom is 0.259 e. The topological polar surface area (TPSA) is 104 Å². The highest BCUT2D eigenvalue weighted by Crippen LogP contribution is 2.30. The molecule has 0 atom stereocenters. The molecular weight excluding hydrogens is 430 g/mol. The van der Waals surface area contributed by atoms with Crippen LogP contribution in [0.3, 0.4) is 0 Å². The van der Waals surface area contributed by atoms with Gasteiger partial charge >= 0.3 is 0 Å². The highest BCUT2D eigenvalue weighted by molar-refractivity contribution is 6.13. The van der Waals surface area contributed by atoms with Crippen LogP contribution in [-0.2, 0) is 13.6 Å². The predicted molar refractivity (Wildman–Crippen MR) is 129 cm³/mol. The molecular formula is C25H25N7O2. The van der Waals surface area contributed by atoms with Gasteiger partial charge in [-0.25, -0.2) is 4.98 Å². The average Bonchev–Trinajstić information content (AvgIpc) is 3.44. The van der Waals surface area contributed by atoms with E-state index < -0.39 is 0 Å². The smallest absolute Gasteiger partial charge is 0.259 e. The summed E-state index contributed by atoms with van der Waals surface area (Å²) >= 11 is 0. The second-order valence-corrected chi connectivity index (χ2v) is 8.45. The van der Waals surface area contributed by atoms with Gasteiger partial charge in [0.2, 0.25) is 0 Å². The van der Waals surface area contributed by atoms with Crippen molar-refractivity contribution in [2.45, 2.75) is 34.2 Å². The van der Waals surface area contributed by atoms with Crippen molar-refractivity contribution in [1.29, 1.82) is 0 Å². The molecule has 0 fully saturated rings. The van der Waals surface area contributed by atoms with Crippen LogP contribution in [-0.4, -0.2) is 35.6 Å². The first-order chi connectivity index (χ1) is 16.3. The van der Waals surface area contributed by atoms with Crippen LogP contribution < -0.4 is 5.32 Å². The van der Waals surface area contributed by atoms with E-state index in [0.29, 0.717) is 40.3 Å². The van der Waals surface area contributed by atoms with Crippen molar-refractivity contribution in [3.05, 3.63) is 76.5 Å². The Morgan fingerprint density at radius 3 is 2.50 bits per heavy atom. The van der Waals surface area contributed by atoms with Gasteiger partial charge in [-0.05, 0) is 39.3 Å². The minimum Gasteiger partial charge on any atom is -0.335 e. The largest absolute Gasteiger partial charge is 0.335 e. The van der Waals surface area contributed by atoms with Gasteiger partial charge in [-0.3, -0.25) is 14.2 Å². The predicted octanol–water partition coefficient (Wildman–Crippen LogP) is 4.35. The molecule has 0 aliphatic carbocycles. The number of nitrogens with zero attached hydrogens (tertiary/aromatic N) is 6. The fraction of sp³-hybridized carbons (Fsp3) is 0.240. The minimum absolute atomic E-state index is 0.271. The molecule has 34 heavy (non-hydrogen) atoms. The van der Waals surface area contributed by atoms with E-state index in [1.54, 1.807) is 17.7 Å². The third-order valence-electron chi connectivity index (χ3n) is 5.95. The van der Waals surface area contributed by atoms with Crippen molar-refractivity contribution in [3.63, 3.8) is 0 Å². The molecule has 1 amide bonds. The summed E-state index contributed by atoms with van der Waals surface area (Å²) in [7, 11) is 1.85. The monoisotopic (exact) mass is 455 g/mol. The first kappa shape index (κ1) is 21.6. The van der Waals surface area contributed by atoms with E-state index >= 15 is 0 Å². The van der Waals surface area contributed by atoms with E-state index in [4.69, 9.17) is 4.52 Å². The zero-order chi connectivity index (χ0) is 24.0. The minimum atomic E-state index is -0.271. The highest BCUT2D eigenvalue weighted by atomic mass is 16.5. The molecule has 0 unspecified atom stereocenters. The van der Waals surface area contributed by atoms with Crippen LogP contribution in [0.1, 0.15) is 38.7 Å². The molecule has 0 saturated heterocycles. The summed E-state index contributed by atoms with van der Waals surface area (Å²) < 4.78 is 9.05. The molecule has 0 aliphatic heterocycles. The second-order valence-electron chi connectivity index (χ2n) is 8.45. The zero-order valence-corrected chi connectivity index (χ0v) is 19.7. The van der Waals surface area contributed by atoms with Crippen LogP contribution in [0.15, 0.2) is 47.1 Å². The molecule has 4 heterocycles. The van der Waals surface area contributed by atoms with Crippen LogP contribution in [0.25, 0.3) is 22.4 Å². The van der Waals surface area contributed by atoms with E-state index in [1.807, 2.05) is 56.9 Å². The summed E-state index contributed by atoms with van der Waals surface area (Å²) in [6.45, 7) is 8.17. The number of aryl methyl sites for hydroxylation is 4. The van der Waals surface area contributed by atoms with Gasteiger partial charge in [0.05, 0.1) is 51.7 Å². The van der Waals surface area contributed by atoms with Crippen molar-refractivity contribution in [2.24, 2.45) is 7.05 Å². The standard InChI is InChI=1S/C25H25N7O2/c1-14-20(13-31(5)28-14)21-11-19(22-15(2)30-34-25(22)26-21)24(33)27-23-16(3)29-32(17(23)4)12-18-9-7-6-8-10-18/h6-11,13H,12H2,1-5H3,(H,27,33). The Morgan fingerprint density at radius 1 is 1.03 bits per heavy atom. The number of anilines is 1. The third-order valence-corrected chi connectivity index (χ3v) is 5.95. The number of benzene rings is 1. The molecule has 4 aromatic heterocycles. The lowest BCUT2D eigenvalue weighted by atomic mass is 10.1. The number of carbonyl (C=O) groups excluding carboxylic acids is 1. The van der Waals surface area contributed by atoms with Gasteiger partial charge in [0.15, 0.2) is 0 Å². The lowest BCUT2D eigenvalue weighted by molar-refractivity contribution is 0.102. The summed E-state index contributed by atoms with van der Waals surface area (Å²) in [6, 6.07) is 11.9. The van der Waals surface area contributed by atoms with Crippen molar-refractivity contribution in [3.8, 4) is 11.3 Å². The van der Waals surface area contributed by atoms with Crippen molar-refractivity contribution >= 4 is 22.7 Å². The third kappa shape index (κ3) is 3.75. The summed E-state index contributed by atoms with van der Waals surface area (Å²) in [5.41, 5.74) is 7.07. The molecule has 1 aromatic carbocycles. The van der Waals surface area contributed by atoms with Gasteiger partial charge in [0, 0.05) is 18.8 Å². The first-order valence-corrected chi connectivity index (χ1v) is 11.0. The Kier molecular flexibility index (Phi) is 5.24. The summed E-state index contributed by atoms with van der Waals surface area (Å²) in [5.74, 6) is -0.271. The summed E-state index contributed by atoms with van der Waals surface area (Å²) in [5, 5.41) is 16.7. The van der Waals surface area contributed by atoms with Gasteiger partial charge in [-0.1, -0.05) is 35.5 Å². The molecule has 0 saturated carbocycles. The molecule has 0 spiro atoms. The van der Waals surface area contributed by atoms with Gasteiger partial charge in [0.1, 0.15) is 0 Å². The molecule has 9 heteroatoms. The average molecular weight is 456 g/mol. The Hall–Kier alpha value is -4.27. The maximum absolute atomic E-state index is 13.6. The lowest BCUT2D eigenvalue weighted by Crippen LogP contribution is -2.14. The quantitative estimate of drug-likeness (QED) is 0.422. The fourth-order valence-corrected chi connectivity index (χ4v) is 4.23. The van der Waals surface area contributed by atoms with E-state index in [9.17, 15) is 4.79 Å². The summed E-state index contributed by atoms with van der Waals surface area (Å²) in [4.78, 5) is 18.2. The molecule has 0 radical (unpaired) electrons. The molecule has 0 aliphatic rings.